The van der Waals surface area contributed by atoms with E-state index in [1.807, 2.05) is 24.6 Å². The fourth-order valence-electron chi connectivity index (χ4n) is 3.98. The monoisotopic (exact) mass is 363 g/mol. The second-order valence-electron chi connectivity index (χ2n) is 7.36. The molecule has 1 aromatic rings. The number of aryl methyl sites for hydroxylation is 1. The first-order valence-electron chi connectivity index (χ1n) is 9.90. The Labute approximate surface area is 156 Å². The zero-order valence-corrected chi connectivity index (χ0v) is 16.6. The summed E-state index contributed by atoms with van der Waals surface area (Å²) in [6.07, 6.45) is 11.0. The summed E-state index contributed by atoms with van der Waals surface area (Å²) in [5.74, 6) is 1.88. The molecule has 1 unspecified atom stereocenters. The van der Waals surface area contributed by atoms with E-state index in [1.165, 1.54) is 55.1 Å². The molecule has 1 aliphatic carbocycles. The van der Waals surface area contributed by atoms with E-state index in [1.54, 1.807) is 0 Å². The third-order valence-electron chi connectivity index (χ3n) is 5.41. The minimum Gasteiger partial charge on any atom is -0.356 e. The van der Waals surface area contributed by atoms with Crippen LogP contribution in [0, 0.1) is 5.92 Å². The van der Waals surface area contributed by atoms with E-state index >= 15 is 0 Å². The van der Waals surface area contributed by atoms with Crippen LogP contribution in [0.4, 0.5) is 0 Å². The molecule has 0 aromatic carbocycles. The number of hydrogen-bond donors (Lipinski definition) is 2. The van der Waals surface area contributed by atoms with Gasteiger partial charge in [-0.05, 0) is 31.6 Å². The van der Waals surface area contributed by atoms with Crippen LogP contribution in [-0.2, 0) is 12.8 Å². The summed E-state index contributed by atoms with van der Waals surface area (Å²) in [4.78, 5) is 12.9. The molecule has 0 bridgehead atoms. The Morgan fingerprint density at radius 2 is 2.20 bits per heavy atom. The van der Waals surface area contributed by atoms with Gasteiger partial charge in [0, 0.05) is 56.8 Å². The summed E-state index contributed by atoms with van der Waals surface area (Å²) in [5.41, 5.74) is 0. The Balaban J connectivity index is 1.35. The largest absolute Gasteiger partial charge is 0.356 e. The van der Waals surface area contributed by atoms with Crippen molar-refractivity contribution < 1.29 is 0 Å². The molecule has 1 saturated carbocycles. The standard InChI is InChI=1S/C19H33N5S/c1-3-17-12-22-18(25-17)8-10-21-19(20-2)23-16-9-11-24(14-16)13-15-6-4-5-7-15/h12,15-16H,3-11,13-14H2,1-2H3,(H2,20,21,23). The normalized spacial score (nSPS) is 22.6. The van der Waals surface area contributed by atoms with Crippen LogP contribution in [0.1, 0.15) is 48.9 Å². The van der Waals surface area contributed by atoms with Gasteiger partial charge in [0.1, 0.15) is 0 Å². The molecule has 2 fully saturated rings. The first-order chi connectivity index (χ1) is 12.3. The van der Waals surface area contributed by atoms with Crippen LogP contribution in [0.5, 0.6) is 0 Å². The molecule has 140 valence electrons. The summed E-state index contributed by atoms with van der Waals surface area (Å²) in [7, 11) is 1.86. The van der Waals surface area contributed by atoms with Gasteiger partial charge in [-0.25, -0.2) is 4.98 Å². The van der Waals surface area contributed by atoms with Crippen LogP contribution >= 0.6 is 11.3 Å². The molecule has 1 aliphatic heterocycles. The lowest BCUT2D eigenvalue weighted by molar-refractivity contribution is 0.275. The minimum atomic E-state index is 0.527. The van der Waals surface area contributed by atoms with E-state index in [0.717, 1.165) is 37.8 Å². The fourth-order valence-corrected chi connectivity index (χ4v) is 4.84. The molecule has 5 nitrogen and oxygen atoms in total. The molecule has 25 heavy (non-hydrogen) atoms. The predicted molar refractivity (Wildman–Crippen MR) is 106 cm³/mol. The van der Waals surface area contributed by atoms with Gasteiger partial charge in [-0.15, -0.1) is 11.3 Å². The number of nitrogens with zero attached hydrogens (tertiary/aromatic N) is 3. The SMILES string of the molecule is CCc1cnc(CCNC(=NC)NC2CCN(CC3CCCC3)C2)s1. The van der Waals surface area contributed by atoms with Crippen LogP contribution in [0.25, 0.3) is 0 Å². The Morgan fingerprint density at radius 1 is 1.36 bits per heavy atom. The smallest absolute Gasteiger partial charge is 0.191 e. The number of nitrogens with one attached hydrogen (secondary N) is 2. The summed E-state index contributed by atoms with van der Waals surface area (Å²) >= 11 is 1.82. The highest BCUT2D eigenvalue weighted by Crippen LogP contribution is 2.26. The zero-order chi connectivity index (χ0) is 17.5. The molecule has 1 atom stereocenters. The molecule has 2 N–H and O–H groups in total. The van der Waals surface area contributed by atoms with Gasteiger partial charge in [0.15, 0.2) is 5.96 Å². The molecule has 1 saturated heterocycles. The molecule has 1 aromatic heterocycles. The highest BCUT2D eigenvalue weighted by Gasteiger charge is 2.26. The molecular weight excluding hydrogens is 330 g/mol. The summed E-state index contributed by atoms with van der Waals surface area (Å²) in [5, 5.41) is 8.26. The summed E-state index contributed by atoms with van der Waals surface area (Å²) < 4.78 is 0. The van der Waals surface area contributed by atoms with Crippen molar-refractivity contribution in [2.45, 2.75) is 57.9 Å². The maximum Gasteiger partial charge on any atom is 0.191 e. The van der Waals surface area contributed by atoms with Crippen molar-refractivity contribution in [1.82, 2.24) is 20.5 Å². The molecular formula is C19H33N5S. The molecule has 3 rings (SSSR count). The van der Waals surface area contributed by atoms with Crippen molar-refractivity contribution in [3.63, 3.8) is 0 Å². The lowest BCUT2D eigenvalue weighted by Crippen LogP contribution is -2.45. The number of rotatable bonds is 7. The molecule has 2 aliphatic rings. The van der Waals surface area contributed by atoms with Crippen LogP contribution in [0.2, 0.25) is 0 Å². The van der Waals surface area contributed by atoms with E-state index in [0.29, 0.717) is 6.04 Å². The van der Waals surface area contributed by atoms with Gasteiger partial charge in [-0.1, -0.05) is 19.8 Å². The first-order valence-corrected chi connectivity index (χ1v) is 10.7. The second-order valence-corrected chi connectivity index (χ2v) is 8.56. The van der Waals surface area contributed by atoms with Crippen LogP contribution < -0.4 is 10.6 Å². The molecule has 0 radical (unpaired) electrons. The van der Waals surface area contributed by atoms with Gasteiger partial charge in [0.05, 0.1) is 5.01 Å². The van der Waals surface area contributed by atoms with E-state index in [-0.39, 0.29) is 0 Å². The highest BCUT2D eigenvalue weighted by molar-refractivity contribution is 7.11. The summed E-state index contributed by atoms with van der Waals surface area (Å²) in [6, 6.07) is 0.527. The lowest BCUT2D eigenvalue weighted by atomic mass is 10.1. The number of aromatic nitrogens is 1. The van der Waals surface area contributed by atoms with E-state index in [9.17, 15) is 0 Å². The van der Waals surface area contributed by atoms with Gasteiger partial charge >= 0.3 is 0 Å². The Bertz CT molecular complexity index is 550. The highest BCUT2D eigenvalue weighted by atomic mass is 32.1. The number of hydrogen-bond acceptors (Lipinski definition) is 4. The number of aliphatic imine (C=N–C) groups is 1. The minimum absolute atomic E-state index is 0.527. The van der Waals surface area contributed by atoms with Crippen LogP contribution in [0.3, 0.4) is 0 Å². The lowest BCUT2D eigenvalue weighted by Gasteiger charge is -2.21. The van der Waals surface area contributed by atoms with Crippen molar-refractivity contribution in [1.29, 1.82) is 0 Å². The number of guanidine groups is 1. The van der Waals surface area contributed by atoms with Crippen molar-refractivity contribution in [3.05, 3.63) is 16.1 Å². The van der Waals surface area contributed by atoms with Crippen LogP contribution in [0.15, 0.2) is 11.2 Å². The Kier molecular flexibility index (Phi) is 7.11. The first kappa shape index (κ1) is 18.6. The average molecular weight is 364 g/mol. The maximum absolute atomic E-state index is 4.48. The van der Waals surface area contributed by atoms with Gasteiger partial charge in [-0.2, -0.15) is 0 Å². The van der Waals surface area contributed by atoms with E-state index in [2.05, 4.69) is 32.4 Å². The average Bonchev–Trinajstić information content (AvgIpc) is 3.36. The van der Waals surface area contributed by atoms with Crippen molar-refractivity contribution in [2.75, 3.05) is 33.2 Å². The third-order valence-corrected chi connectivity index (χ3v) is 6.61. The number of likely N-dealkylation sites (tertiary alicyclic amines) is 1. The quantitative estimate of drug-likeness (QED) is 0.578. The van der Waals surface area contributed by atoms with Gasteiger partial charge in [-0.3, -0.25) is 4.99 Å². The van der Waals surface area contributed by atoms with Crippen molar-refractivity contribution in [2.24, 2.45) is 10.9 Å². The summed E-state index contributed by atoms with van der Waals surface area (Å²) in [6.45, 7) is 6.75. The molecule has 6 heteroatoms. The molecule has 2 heterocycles. The van der Waals surface area contributed by atoms with Gasteiger partial charge < -0.3 is 15.5 Å². The fraction of sp³-hybridized carbons (Fsp3) is 0.789. The van der Waals surface area contributed by atoms with E-state index in [4.69, 9.17) is 0 Å². The predicted octanol–water partition coefficient (Wildman–Crippen LogP) is 2.68. The Morgan fingerprint density at radius 3 is 2.92 bits per heavy atom. The maximum atomic E-state index is 4.48. The number of thiazole rings is 1. The van der Waals surface area contributed by atoms with Gasteiger partial charge in [0.25, 0.3) is 0 Å². The third kappa shape index (κ3) is 5.68. The van der Waals surface area contributed by atoms with Gasteiger partial charge in [0.2, 0.25) is 0 Å². The topological polar surface area (TPSA) is 52.6 Å². The molecule has 0 spiro atoms. The van der Waals surface area contributed by atoms with Crippen LogP contribution in [-0.4, -0.2) is 55.1 Å². The van der Waals surface area contributed by atoms with Crippen molar-refractivity contribution >= 4 is 17.3 Å². The zero-order valence-electron chi connectivity index (χ0n) is 15.8. The second kappa shape index (κ2) is 9.53. The van der Waals surface area contributed by atoms with E-state index < -0.39 is 0 Å². The van der Waals surface area contributed by atoms with Crippen molar-refractivity contribution in [3.8, 4) is 0 Å². The Hall–Kier alpha value is -1.14. The molecule has 0 amide bonds.